The van der Waals surface area contributed by atoms with Crippen molar-refractivity contribution in [1.82, 2.24) is 9.38 Å². The third kappa shape index (κ3) is 3.66. The number of nitrogens with zero attached hydrogens (tertiary/aromatic N) is 2. The Labute approximate surface area is 165 Å². The number of pyridine rings is 1. The van der Waals surface area contributed by atoms with E-state index in [0.29, 0.717) is 22.1 Å². The molecule has 0 aliphatic heterocycles. The van der Waals surface area contributed by atoms with Crippen LogP contribution in [0.5, 0.6) is 0 Å². The van der Waals surface area contributed by atoms with Crippen molar-refractivity contribution in [3.05, 3.63) is 102 Å². The Hall–Kier alpha value is -3.44. The van der Waals surface area contributed by atoms with Gasteiger partial charge in [-0.05, 0) is 60.7 Å². The fourth-order valence-electron chi connectivity index (χ4n) is 2.86. The Morgan fingerprint density at radius 3 is 2.54 bits per heavy atom. The van der Waals surface area contributed by atoms with Crippen LogP contribution < -0.4 is 5.32 Å². The van der Waals surface area contributed by atoms with E-state index in [0.717, 1.165) is 11.3 Å². The molecular formula is C22H15ClFN3O. The molecule has 138 valence electrons. The first-order chi connectivity index (χ1) is 13.6. The van der Waals surface area contributed by atoms with Gasteiger partial charge in [0.15, 0.2) is 0 Å². The second-order valence-electron chi connectivity index (χ2n) is 6.10. The minimum atomic E-state index is -0.322. The molecule has 4 rings (SSSR count). The highest BCUT2D eigenvalue weighted by atomic mass is 35.5. The van der Waals surface area contributed by atoms with Crippen molar-refractivity contribution in [2.75, 3.05) is 5.32 Å². The molecule has 2 heterocycles. The fraction of sp³-hybridized carbons (Fsp3) is 0. The highest BCUT2D eigenvalue weighted by Crippen LogP contribution is 2.23. The first-order valence-corrected chi connectivity index (χ1v) is 8.95. The van der Waals surface area contributed by atoms with Crippen LogP contribution in [0.1, 0.15) is 10.5 Å². The Morgan fingerprint density at radius 1 is 1.04 bits per heavy atom. The average molecular weight is 392 g/mol. The van der Waals surface area contributed by atoms with Gasteiger partial charge in [0.1, 0.15) is 17.3 Å². The third-order valence-corrected chi connectivity index (χ3v) is 4.47. The summed E-state index contributed by atoms with van der Waals surface area (Å²) in [5, 5.41) is 3.67. The number of ketones is 1. The van der Waals surface area contributed by atoms with Gasteiger partial charge in [0.05, 0.1) is 5.52 Å². The molecule has 1 N–H and O–H groups in total. The molecule has 0 atom stereocenters. The summed E-state index contributed by atoms with van der Waals surface area (Å²) in [6.07, 6.45) is 4.82. The summed E-state index contributed by atoms with van der Waals surface area (Å²) in [4.78, 5) is 17.2. The van der Waals surface area contributed by atoms with Crippen LogP contribution in [0.15, 0.2) is 85.2 Å². The predicted molar refractivity (Wildman–Crippen MR) is 109 cm³/mol. The number of rotatable bonds is 5. The van der Waals surface area contributed by atoms with Crippen molar-refractivity contribution in [2.45, 2.75) is 0 Å². The summed E-state index contributed by atoms with van der Waals surface area (Å²) < 4.78 is 15.1. The molecule has 6 heteroatoms. The van der Waals surface area contributed by atoms with Gasteiger partial charge in [0.25, 0.3) is 0 Å². The molecule has 28 heavy (non-hydrogen) atoms. The van der Waals surface area contributed by atoms with Crippen LogP contribution in [-0.4, -0.2) is 15.2 Å². The van der Waals surface area contributed by atoms with Crippen LogP contribution >= 0.6 is 11.6 Å². The van der Waals surface area contributed by atoms with E-state index in [1.54, 1.807) is 30.5 Å². The number of aromatic nitrogens is 2. The maximum atomic E-state index is 13.2. The Morgan fingerprint density at radius 2 is 1.79 bits per heavy atom. The lowest BCUT2D eigenvalue weighted by molar-refractivity contribution is 0.104. The zero-order valence-electron chi connectivity index (χ0n) is 14.6. The second-order valence-corrected chi connectivity index (χ2v) is 6.53. The van der Waals surface area contributed by atoms with Gasteiger partial charge in [0.2, 0.25) is 5.78 Å². The van der Waals surface area contributed by atoms with Gasteiger partial charge in [0, 0.05) is 34.7 Å². The van der Waals surface area contributed by atoms with E-state index in [9.17, 15) is 9.18 Å². The lowest BCUT2D eigenvalue weighted by Crippen LogP contribution is -1.98. The van der Waals surface area contributed by atoms with E-state index < -0.39 is 0 Å². The Balaban J connectivity index is 1.64. The summed E-state index contributed by atoms with van der Waals surface area (Å²) in [5.74, 6) is 0.0219. The van der Waals surface area contributed by atoms with Crippen LogP contribution in [0.3, 0.4) is 0 Å². The molecule has 0 aliphatic rings. The van der Waals surface area contributed by atoms with Gasteiger partial charge in [-0.15, -0.1) is 0 Å². The molecule has 0 unspecified atom stereocenters. The maximum Gasteiger partial charge on any atom is 0.207 e. The van der Waals surface area contributed by atoms with Crippen molar-refractivity contribution < 1.29 is 9.18 Å². The molecule has 2 aromatic heterocycles. The van der Waals surface area contributed by atoms with E-state index in [1.807, 2.05) is 40.9 Å². The maximum absolute atomic E-state index is 13.2. The fourth-order valence-corrected chi connectivity index (χ4v) is 2.99. The van der Waals surface area contributed by atoms with Crippen LogP contribution in [0, 0.1) is 5.82 Å². The molecule has 0 amide bonds. The van der Waals surface area contributed by atoms with E-state index in [1.165, 1.54) is 18.2 Å². The van der Waals surface area contributed by atoms with Crippen molar-refractivity contribution in [3.63, 3.8) is 0 Å². The normalized spacial score (nSPS) is 11.2. The number of halogens is 2. The molecule has 0 saturated heterocycles. The topological polar surface area (TPSA) is 46.4 Å². The van der Waals surface area contributed by atoms with Crippen molar-refractivity contribution in [2.24, 2.45) is 0 Å². The SMILES string of the molecule is O=C(/C=C\Nc1ccc(Cl)cc1)c1nc(-c2ccc(F)cc2)n2ccccc12. The zero-order chi connectivity index (χ0) is 19.5. The van der Waals surface area contributed by atoms with Crippen LogP contribution in [-0.2, 0) is 0 Å². The summed E-state index contributed by atoms with van der Waals surface area (Å²) in [6.45, 7) is 0. The van der Waals surface area contributed by atoms with E-state index in [-0.39, 0.29) is 11.6 Å². The average Bonchev–Trinajstić information content (AvgIpc) is 3.10. The molecule has 0 aliphatic carbocycles. The number of imidazole rings is 1. The first-order valence-electron chi connectivity index (χ1n) is 8.58. The number of anilines is 1. The van der Waals surface area contributed by atoms with Gasteiger partial charge < -0.3 is 5.32 Å². The van der Waals surface area contributed by atoms with Gasteiger partial charge in [-0.2, -0.15) is 0 Å². The lowest BCUT2D eigenvalue weighted by atomic mass is 10.2. The van der Waals surface area contributed by atoms with E-state index in [2.05, 4.69) is 10.3 Å². The zero-order valence-corrected chi connectivity index (χ0v) is 15.4. The van der Waals surface area contributed by atoms with Crippen molar-refractivity contribution >= 4 is 28.6 Å². The summed E-state index contributed by atoms with van der Waals surface area (Å²) >= 11 is 5.86. The first kappa shape index (κ1) is 17.9. The molecular weight excluding hydrogens is 377 g/mol. The number of hydrogen-bond donors (Lipinski definition) is 1. The van der Waals surface area contributed by atoms with Crippen LogP contribution in [0.25, 0.3) is 16.9 Å². The number of nitrogens with one attached hydrogen (secondary N) is 1. The molecule has 0 spiro atoms. The number of fused-ring (bicyclic) bond motifs is 1. The highest BCUT2D eigenvalue weighted by Gasteiger charge is 2.16. The monoisotopic (exact) mass is 391 g/mol. The predicted octanol–water partition coefficient (Wildman–Crippen LogP) is 5.60. The van der Waals surface area contributed by atoms with Crippen molar-refractivity contribution in [1.29, 1.82) is 0 Å². The number of carbonyl (C=O) groups excluding carboxylic acids is 1. The third-order valence-electron chi connectivity index (χ3n) is 4.21. The smallest absolute Gasteiger partial charge is 0.207 e. The van der Waals surface area contributed by atoms with Crippen LogP contribution in [0.4, 0.5) is 10.1 Å². The standard InChI is InChI=1S/C22H15ClFN3O/c23-16-6-10-18(11-7-16)25-13-12-20(28)21-19-3-1-2-14-27(19)22(26-21)15-4-8-17(24)9-5-15/h1-14,25H/b13-12-. The lowest BCUT2D eigenvalue weighted by Gasteiger charge is -2.00. The van der Waals surface area contributed by atoms with E-state index in [4.69, 9.17) is 11.6 Å². The number of carbonyl (C=O) groups is 1. The minimum Gasteiger partial charge on any atom is -0.362 e. The van der Waals surface area contributed by atoms with E-state index >= 15 is 0 Å². The molecule has 0 fully saturated rings. The molecule has 4 nitrogen and oxygen atoms in total. The second kappa shape index (κ2) is 7.66. The summed E-state index contributed by atoms with van der Waals surface area (Å²) in [6, 6.07) is 18.7. The highest BCUT2D eigenvalue weighted by molar-refractivity contribution is 6.30. The summed E-state index contributed by atoms with van der Waals surface area (Å²) in [5.41, 5.74) is 2.55. The Bertz CT molecular complexity index is 1160. The molecule has 0 saturated carbocycles. The largest absolute Gasteiger partial charge is 0.362 e. The Kier molecular flexibility index (Phi) is 4.91. The number of hydrogen-bond acceptors (Lipinski definition) is 3. The van der Waals surface area contributed by atoms with Gasteiger partial charge in [-0.1, -0.05) is 17.7 Å². The quantitative estimate of drug-likeness (QED) is 0.355. The molecule has 4 aromatic rings. The molecule has 2 aromatic carbocycles. The summed E-state index contributed by atoms with van der Waals surface area (Å²) in [7, 11) is 0. The number of benzene rings is 2. The van der Waals surface area contributed by atoms with Gasteiger partial charge in [-0.3, -0.25) is 9.20 Å². The minimum absolute atomic E-state index is 0.237. The molecule has 0 bridgehead atoms. The number of allylic oxidation sites excluding steroid dienone is 1. The van der Waals surface area contributed by atoms with Crippen molar-refractivity contribution in [3.8, 4) is 11.4 Å². The van der Waals surface area contributed by atoms with Gasteiger partial charge in [-0.25, -0.2) is 9.37 Å². The molecule has 0 radical (unpaired) electrons. The van der Waals surface area contributed by atoms with Gasteiger partial charge >= 0.3 is 0 Å². The van der Waals surface area contributed by atoms with Crippen LogP contribution in [0.2, 0.25) is 5.02 Å².